The number of carboxylic acid groups (broad SMARTS) is 1. The van der Waals surface area contributed by atoms with Crippen LogP contribution >= 0.6 is 0 Å². The van der Waals surface area contributed by atoms with Crippen LogP contribution in [0.2, 0.25) is 0 Å². The van der Waals surface area contributed by atoms with Gasteiger partial charge < -0.3 is 14.4 Å². The van der Waals surface area contributed by atoms with Gasteiger partial charge in [0.2, 0.25) is 0 Å². The second-order valence-corrected chi connectivity index (χ2v) is 6.37. The number of aliphatic carboxylic acids is 1. The molecule has 0 radical (unpaired) electrons. The highest BCUT2D eigenvalue weighted by Crippen LogP contribution is 2.11. The van der Waals surface area contributed by atoms with Gasteiger partial charge in [0.25, 0.3) is 0 Å². The fraction of sp³-hybridized carbons (Fsp3) is 0.938. The summed E-state index contributed by atoms with van der Waals surface area (Å²) in [6.45, 7) is 3.31. The highest BCUT2D eigenvalue weighted by atomic mass is 16.4. The van der Waals surface area contributed by atoms with Crippen LogP contribution in [0.3, 0.4) is 0 Å². The highest BCUT2D eigenvalue weighted by Gasteiger charge is 2.14. The van der Waals surface area contributed by atoms with Crippen molar-refractivity contribution in [1.82, 2.24) is 0 Å². The number of hydrogen-bond acceptors (Lipinski definition) is 2. The Bertz CT molecular complexity index is 227. The van der Waals surface area contributed by atoms with E-state index < -0.39 is 5.97 Å². The zero-order chi connectivity index (χ0) is 14.6. The van der Waals surface area contributed by atoms with Crippen molar-refractivity contribution in [1.29, 1.82) is 0 Å². The molecule has 0 rings (SSSR count). The first-order valence-corrected chi connectivity index (χ1v) is 8.00. The van der Waals surface area contributed by atoms with Gasteiger partial charge in [-0.3, -0.25) is 0 Å². The zero-order valence-corrected chi connectivity index (χ0v) is 13.2. The molecular weight excluding hydrogens is 238 g/mol. The molecule has 0 aromatic rings. The summed E-state index contributed by atoms with van der Waals surface area (Å²) in [6, 6.07) is 0. The third-order valence-electron chi connectivity index (χ3n) is 3.67. The molecule has 0 heterocycles. The maximum Gasteiger partial charge on any atom is 0.119 e. The van der Waals surface area contributed by atoms with Crippen LogP contribution in [0.4, 0.5) is 0 Å². The number of hydrogen-bond donors (Lipinski definition) is 0. The number of nitrogens with zero attached hydrogens (tertiary/aromatic N) is 1. The molecule has 0 atom stereocenters. The largest absolute Gasteiger partial charge is 0.544 e. The molecule has 3 nitrogen and oxygen atoms in total. The monoisotopic (exact) mass is 271 g/mol. The topological polar surface area (TPSA) is 40.1 Å². The van der Waals surface area contributed by atoms with Crippen molar-refractivity contribution in [3.05, 3.63) is 0 Å². The molecule has 0 amide bonds. The molecule has 0 saturated carbocycles. The van der Waals surface area contributed by atoms with Crippen LogP contribution in [0.5, 0.6) is 0 Å². The van der Waals surface area contributed by atoms with Gasteiger partial charge in [-0.05, 0) is 12.8 Å². The van der Waals surface area contributed by atoms with Gasteiger partial charge in [-0.25, -0.2) is 0 Å². The van der Waals surface area contributed by atoms with Gasteiger partial charge >= 0.3 is 0 Å². The summed E-state index contributed by atoms with van der Waals surface area (Å²) >= 11 is 0. The maximum atomic E-state index is 10.6. The predicted molar refractivity (Wildman–Crippen MR) is 78.7 cm³/mol. The molecule has 0 aliphatic carbocycles. The molecule has 0 spiro atoms. The van der Waals surface area contributed by atoms with Crippen molar-refractivity contribution in [3.8, 4) is 0 Å². The second-order valence-electron chi connectivity index (χ2n) is 6.37. The summed E-state index contributed by atoms with van der Waals surface area (Å²) in [4.78, 5) is 10.6. The average molecular weight is 271 g/mol. The van der Waals surface area contributed by atoms with Gasteiger partial charge in [0.05, 0.1) is 26.6 Å². The van der Waals surface area contributed by atoms with Crippen LogP contribution in [-0.2, 0) is 4.79 Å². The van der Waals surface area contributed by atoms with Gasteiger partial charge in [0, 0.05) is 0 Å². The molecule has 3 heteroatoms. The first-order chi connectivity index (χ1) is 8.98. The summed E-state index contributed by atoms with van der Waals surface area (Å²) in [5.74, 6) is -0.947. The van der Waals surface area contributed by atoms with E-state index in [0.29, 0.717) is 4.48 Å². The molecule has 114 valence electrons. The molecule has 19 heavy (non-hydrogen) atoms. The molecule has 0 saturated heterocycles. The molecule has 0 fully saturated rings. The van der Waals surface area contributed by atoms with E-state index in [1.807, 2.05) is 14.1 Å². The standard InChI is InChI=1S/C16H33NO2/c1-4-5-6-7-8-9-10-11-12-13-14-17(2,3)15-16(18)19/h4-15H2,1-3H3. The molecule has 0 unspecified atom stereocenters. The Morgan fingerprint density at radius 3 is 1.68 bits per heavy atom. The van der Waals surface area contributed by atoms with Crippen molar-refractivity contribution in [2.45, 2.75) is 71.1 Å². The first kappa shape index (κ1) is 18.4. The SMILES string of the molecule is CCCCCCCCCCCC[N+](C)(C)CC(=O)[O-]. The molecule has 0 N–H and O–H groups in total. The minimum absolute atomic E-state index is 0.122. The minimum atomic E-state index is -0.947. The number of rotatable bonds is 13. The Hall–Kier alpha value is -0.570. The molecular formula is C16H33NO2. The van der Waals surface area contributed by atoms with Crippen molar-refractivity contribution in [2.75, 3.05) is 27.2 Å². The lowest BCUT2D eigenvalue weighted by atomic mass is 10.1. The minimum Gasteiger partial charge on any atom is -0.544 e. The van der Waals surface area contributed by atoms with Crippen molar-refractivity contribution >= 4 is 5.97 Å². The summed E-state index contributed by atoms with van der Waals surface area (Å²) in [5.41, 5.74) is 0. The normalized spacial score (nSPS) is 11.7. The first-order valence-electron chi connectivity index (χ1n) is 8.00. The second kappa shape index (κ2) is 11.3. The molecule has 0 aliphatic heterocycles. The Kier molecular flexibility index (Phi) is 10.9. The summed E-state index contributed by atoms with van der Waals surface area (Å²) < 4.78 is 0.541. The van der Waals surface area contributed by atoms with Gasteiger partial charge in [-0.2, -0.15) is 0 Å². The number of unbranched alkanes of at least 4 members (excludes halogenated alkanes) is 9. The van der Waals surface area contributed by atoms with Crippen LogP contribution < -0.4 is 5.11 Å². The van der Waals surface area contributed by atoms with Gasteiger partial charge in [0.15, 0.2) is 0 Å². The van der Waals surface area contributed by atoms with E-state index in [4.69, 9.17) is 0 Å². The van der Waals surface area contributed by atoms with Gasteiger partial charge in [-0.1, -0.05) is 58.3 Å². The van der Waals surface area contributed by atoms with Gasteiger partial charge in [0.1, 0.15) is 6.54 Å². The van der Waals surface area contributed by atoms with Crippen molar-refractivity contribution in [2.24, 2.45) is 0 Å². The fourth-order valence-electron chi connectivity index (χ4n) is 2.46. The van der Waals surface area contributed by atoms with Crippen LogP contribution in [0.15, 0.2) is 0 Å². The lowest BCUT2D eigenvalue weighted by molar-refractivity contribution is -0.885. The van der Waals surface area contributed by atoms with E-state index in [-0.39, 0.29) is 6.54 Å². The third-order valence-corrected chi connectivity index (χ3v) is 3.67. The Balaban J connectivity index is 3.28. The Labute approximate surface area is 119 Å². The molecule has 0 bridgehead atoms. The number of carbonyl (C=O) groups is 1. The molecule has 0 aliphatic rings. The Morgan fingerprint density at radius 2 is 1.26 bits per heavy atom. The number of carbonyl (C=O) groups excluding carboxylic acids is 1. The summed E-state index contributed by atoms with van der Waals surface area (Å²) in [5, 5.41) is 10.6. The number of likely N-dealkylation sites (N-methyl/N-ethyl adjacent to an activating group) is 1. The smallest absolute Gasteiger partial charge is 0.119 e. The van der Waals surface area contributed by atoms with E-state index in [0.717, 1.165) is 13.0 Å². The molecule has 0 aromatic heterocycles. The van der Waals surface area contributed by atoms with Crippen LogP contribution in [0.1, 0.15) is 71.1 Å². The van der Waals surface area contributed by atoms with Crippen molar-refractivity contribution in [3.63, 3.8) is 0 Å². The van der Waals surface area contributed by atoms with Crippen LogP contribution in [0.25, 0.3) is 0 Å². The maximum absolute atomic E-state index is 10.6. The van der Waals surface area contributed by atoms with E-state index in [1.165, 1.54) is 57.8 Å². The lowest BCUT2D eigenvalue weighted by Crippen LogP contribution is -2.48. The average Bonchev–Trinajstić information content (AvgIpc) is 2.30. The van der Waals surface area contributed by atoms with E-state index in [1.54, 1.807) is 0 Å². The third kappa shape index (κ3) is 13.7. The van der Waals surface area contributed by atoms with E-state index >= 15 is 0 Å². The zero-order valence-electron chi connectivity index (χ0n) is 13.2. The quantitative estimate of drug-likeness (QED) is 0.382. The van der Waals surface area contributed by atoms with Crippen molar-refractivity contribution < 1.29 is 14.4 Å². The van der Waals surface area contributed by atoms with Crippen LogP contribution in [-0.4, -0.2) is 37.6 Å². The predicted octanol–water partition coefficient (Wildman–Crippen LogP) is 2.73. The number of carboxylic acids is 1. The lowest BCUT2D eigenvalue weighted by Gasteiger charge is -2.30. The van der Waals surface area contributed by atoms with Gasteiger partial charge in [-0.15, -0.1) is 0 Å². The Morgan fingerprint density at radius 1 is 0.842 bits per heavy atom. The van der Waals surface area contributed by atoms with Crippen LogP contribution in [0, 0.1) is 0 Å². The molecule has 0 aromatic carbocycles. The highest BCUT2D eigenvalue weighted by molar-refractivity contribution is 5.65. The summed E-state index contributed by atoms with van der Waals surface area (Å²) in [6.07, 6.45) is 13.2. The summed E-state index contributed by atoms with van der Waals surface area (Å²) in [7, 11) is 3.92. The number of quaternary nitrogens is 1. The fourth-order valence-corrected chi connectivity index (χ4v) is 2.46. The van der Waals surface area contributed by atoms with E-state index in [2.05, 4.69) is 6.92 Å². The van der Waals surface area contributed by atoms with E-state index in [9.17, 15) is 9.90 Å².